The van der Waals surface area contributed by atoms with Crippen LogP contribution in [0.3, 0.4) is 0 Å². The number of hydrogen-bond donors (Lipinski definition) is 1. The number of carbonyl (C=O) groups excluding carboxylic acids is 1. The van der Waals surface area contributed by atoms with Gasteiger partial charge in [-0.3, -0.25) is 9.69 Å². The van der Waals surface area contributed by atoms with Gasteiger partial charge >= 0.3 is 6.09 Å². The van der Waals surface area contributed by atoms with E-state index in [1.165, 1.54) is 21.3 Å². The highest BCUT2D eigenvalue weighted by atomic mass is 16.7. The Hall–Kier alpha value is -2.90. The SMILES string of the molecule is CCC(C)N(CC(OC)OC)C(=O)C(C1c2ccccc2-c2ccccc21)N(C)C(=O)O. The van der Waals surface area contributed by atoms with Crippen LogP contribution < -0.4 is 0 Å². The molecule has 2 amide bonds. The lowest BCUT2D eigenvalue weighted by Gasteiger charge is -2.38. The van der Waals surface area contributed by atoms with Crippen LogP contribution in [-0.2, 0) is 14.3 Å². The lowest BCUT2D eigenvalue weighted by atomic mass is 9.87. The van der Waals surface area contributed by atoms with Gasteiger partial charge in [0.1, 0.15) is 6.04 Å². The normalized spacial score (nSPS) is 14.6. The molecule has 0 aliphatic heterocycles. The van der Waals surface area contributed by atoms with E-state index in [9.17, 15) is 14.7 Å². The fourth-order valence-corrected chi connectivity index (χ4v) is 4.47. The zero-order valence-corrected chi connectivity index (χ0v) is 19.3. The fraction of sp³-hybridized carbons (Fsp3) is 0.440. The molecule has 0 aromatic heterocycles. The predicted molar refractivity (Wildman–Crippen MR) is 123 cm³/mol. The first kappa shape index (κ1) is 23.8. The van der Waals surface area contributed by atoms with Crippen LogP contribution in [0.1, 0.15) is 37.3 Å². The molecule has 172 valence electrons. The molecule has 0 spiro atoms. The molecular formula is C25H32N2O5. The second kappa shape index (κ2) is 10.1. The molecule has 0 saturated carbocycles. The van der Waals surface area contributed by atoms with Crippen LogP contribution in [0.2, 0.25) is 0 Å². The van der Waals surface area contributed by atoms with Gasteiger partial charge in [-0.2, -0.15) is 0 Å². The summed E-state index contributed by atoms with van der Waals surface area (Å²) in [5, 5.41) is 9.92. The minimum absolute atomic E-state index is 0.119. The van der Waals surface area contributed by atoms with Crippen molar-refractivity contribution < 1.29 is 24.2 Å². The molecular weight excluding hydrogens is 408 g/mol. The summed E-state index contributed by atoms with van der Waals surface area (Å²) in [6.45, 7) is 4.16. The van der Waals surface area contributed by atoms with Crippen molar-refractivity contribution in [1.29, 1.82) is 0 Å². The Morgan fingerprint density at radius 3 is 1.94 bits per heavy atom. The van der Waals surface area contributed by atoms with Crippen LogP contribution in [-0.4, -0.2) is 73.1 Å². The molecule has 1 aliphatic rings. The van der Waals surface area contributed by atoms with Gasteiger partial charge < -0.3 is 19.5 Å². The van der Waals surface area contributed by atoms with Gasteiger partial charge in [0.25, 0.3) is 0 Å². The van der Waals surface area contributed by atoms with Crippen molar-refractivity contribution in [2.24, 2.45) is 0 Å². The quantitative estimate of drug-likeness (QED) is 0.596. The number of amides is 2. The minimum atomic E-state index is -1.15. The summed E-state index contributed by atoms with van der Waals surface area (Å²) in [7, 11) is 4.52. The fourth-order valence-electron chi connectivity index (χ4n) is 4.47. The van der Waals surface area contributed by atoms with E-state index in [0.717, 1.165) is 27.2 Å². The average molecular weight is 441 g/mol. The standard InChI is InChI=1S/C25H32N2O5/c1-6-16(2)27(15-21(31-4)32-5)24(28)23(26(3)25(29)30)22-19-13-9-7-11-17(19)18-12-8-10-14-20(18)22/h7-14,16,21-23H,6,15H2,1-5H3,(H,29,30). The number of methoxy groups -OCH3 is 2. The van der Waals surface area contributed by atoms with E-state index in [2.05, 4.69) is 0 Å². The molecule has 2 atom stereocenters. The molecule has 3 rings (SSSR count). The highest BCUT2D eigenvalue weighted by Crippen LogP contribution is 2.47. The van der Waals surface area contributed by atoms with Gasteiger partial charge in [-0.1, -0.05) is 55.5 Å². The highest BCUT2D eigenvalue weighted by Gasteiger charge is 2.44. The van der Waals surface area contributed by atoms with E-state index in [-0.39, 0.29) is 18.5 Å². The van der Waals surface area contributed by atoms with E-state index in [0.29, 0.717) is 6.42 Å². The lowest BCUT2D eigenvalue weighted by molar-refractivity contribution is -0.153. The Morgan fingerprint density at radius 1 is 1.00 bits per heavy atom. The molecule has 2 unspecified atom stereocenters. The minimum Gasteiger partial charge on any atom is -0.465 e. The van der Waals surface area contributed by atoms with Crippen molar-refractivity contribution in [3.63, 3.8) is 0 Å². The van der Waals surface area contributed by atoms with E-state index in [1.54, 1.807) is 4.90 Å². The number of rotatable bonds is 9. The van der Waals surface area contributed by atoms with Gasteiger partial charge in [0.15, 0.2) is 6.29 Å². The van der Waals surface area contributed by atoms with E-state index < -0.39 is 24.3 Å². The molecule has 0 heterocycles. The monoisotopic (exact) mass is 440 g/mol. The largest absolute Gasteiger partial charge is 0.465 e. The maximum Gasteiger partial charge on any atom is 0.407 e. The zero-order chi connectivity index (χ0) is 23.4. The first-order chi connectivity index (χ1) is 15.3. The molecule has 7 nitrogen and oxygen atoms in total. The molecule has 32 heavy (non-hydrogen) atoms. The third kappa shape index (κ3) is 4.36. The predicted octanol–water partition coefficient (Wildman–Crippen LogP) is 4.02. The first-order valence-electron chi connectivity index (χ1n) is 10.9. The number of carboxylic acid groups (broad SMARTS) is 1. The number of carbonyl (C=O) groups is 2. The Labute approximate surface area is 189 Å². The Bertz CT molecular complexity index is 913. The molecule has 1 N–H and O–H groups in total. The average Bonchev–Trinajstić information content (AvgIpc) is 3.14. The molecule has 0 fully saturated rings. The Kier molecular flexibility index (Phi) is 7.53. The maximum absolute atomic E-state index is 14.1. The smallest absolute Gasteiger partial charge is 0.407 e. The number of ether oxygens (including phenoxy) is 2. The number of benzene rings is 2. The van der Waals surface area contributed by atoms with Crippen molar-refractivity contribution in [2.45, 2.75) is 44.6 Å². The maximum atomic E-state index is 14.1. The second-order valence-electron chi connectivity index (χ2n) is 8.14. The van der Waals surface area contributed by atoms with E-state index >= 15 is 0 Å². The van der Waals surface area contributed by atoms with Gasteiger partial charge in [0.05, 0.1) is 6.54 Å². The number of likely N-dealkylation sites (N-methyl/N-ethyl adjacent to an activating group) is 1. The van der Waals surface area contributed by atoms with Crippen molar-refractivity contribution in [3.05, 3.63) is 59.7 Å². The van der Waals surface area contributed by atoms with Crippen molar-refractivity contribution in [1.82, 2.24) is 9.80 Å². The van der Waals surface area contributed by atoms with Gasteiger partial charge in [-0.25, -0.2) is 4.79 Å². The number of hydrogen-bond acceptors (Lipinski definition) is 4. The Balaban J connectivity index is 2.13. The van der Waals surface area contributed by atoms with Crippen molar-refractivity contribution in [3.8, 4) is 11.1 Å². The lowest BCUT2D eigenvalue weighted by Crippen LogP contribution is -2.55. The van der Waals surface area contributed by atoms with E-state index in [4.69, 9.17) is 9.47 Å². The molecule has 0 bridgehead atoms. The summed E-state index contributed by atoms with van der Waals surface area (Å²) >= 11 is 0. The van der Waals surface area contributed by atoms with Crippen LogP contribution >= 0.6 is 0 Å². The van der Waals surface area contributed by atoms with Crippen LogP contribution in [0.15, 0.2) is 48.5 Å². The van der Waals surface area contributed by atoms with Crippen LogP contribution in [0, 0.1) is 0 Å². The van der Waals surface area contributed by atoms with Crippen LogP contribution in [0.25, 0.3) is 11.1 Å². The van der Waals surface area contributed by atoms with Gasteiger partial charge in [-0.15, -0.1) is 0 Å². The summed E-state index contributed by atoms with van der Waals surface area (Å²) in [6.07, 6.45) is -1.04. The zero-order valence-electron chi connectivity index (χ0n) is 19.3. The third-order valence-corrected chi connectivity index (χ3v) is 6.45. The van der Waals surface area contributed by atoms with Gasteiger partial charge in [-0.05, 0) is 35.6 Å². The van der Waals surface area contributed by atoms with Gasteiger partial charge in [0, 0.05) is 33.2 Å². The van der Waals surface area contributed by atoms with Crippen molar-refractivity contribution in [2.75, 3.05) is 27.8 Å². The Morgan fingerprint density at radius 2 is 1.50 bits per heavy atom. The summed E-state index contributed by atoms with van der Waals surface area (Å²) in [6, 6.07) is 14.7. The molecule has 7 heteroatoms. The summed E-state index contributed by atoms with van der Waals surface area (Å²) in [4.78, 5) is 29.0. The third-order valence-electron chi connectivity index (χ3n) is 6.45. The van der Waals surface area contributed by atoms with Crippen molar-refractivity contribution >= 4 is 12.0 Å². The summed E-state index contributed by atoms with van der Waals surface area (Å²) in [5.41, 5.74) is 3.98. The topological polar surface area (TPSA) is 79.3 Å². The van der Waals surface area contributed by atoms with E-state index in [1.807, 2.05) is 62.4 Å². The summed E-state index contributed by atoms with van der Waals surface area (Å²) < 4.78 is 10.7. The molecule has 0 saturated heterocycles. The van der Waals surface area contributed by atoms with Gasteiger partial charge in [0.2, 0.25) is 5.91 Å². The molecule has 1 aliphatic carbocycles. The number of nitrogens with zero attached hydrogens (tertiary/aromatic N) is 2. The molecule has 2 aromatic carbocycles. The number of fused-ring (bicyclic) bond motifs is 3. The van der Waals surface area contributed by atoms with Crippen LogP contribution in [0.4, 0.5) is 4.79 Å². The highest BCUT2D eigenvalue weighted by molar-refractivity contribution is 5.90. The second-order valence-corrected chi connectivity index (χ2v) is 8.14. The molecule has 0 radical (unpaired) electrons. The molecule has 2 aromatic rings. The van der Waals surface area contributed by atoms with Crippen LogP contribution in [0.5, 0.6) is 0 Å². The first-order valence-corrected chi connectivity index (χ1v) is 10.9. The summed E-state index contributed by atoms with van der Waals surface area (Å²) in [5.74, 6) is -0.675.